The van der Waals surface area contributed by atoms with Crippen molar-refractivity contribution in [2.24, 2.45) is 0 Å². The Bertz CT molecular complexity index is 201. The highest BCUT2D eigenvalue weighted by Crippen LogP contribution is 2.13. The predicted molar refractivity (Wildman–Crippen MR) is 59.9 cm³/mol. The number of amides is 1. The van der Waals surface area contributed by atoms with Crippen LogP contribution in [0, 0.1) is 0 Å². The fourth-order valence-electron chi connectivity index (χ4n) is 1.92. The van der Waals surface area contributed by atoms with E-state index in [1.54, 1.807) is 0 Å². The standard InChI is InChI=1S/C11H22N2O2/c1-4-13(11(14)15-9(2)3)10-5-7-12-8-6-10/h9-10,12H,4-8H2,1-3H3. The lowest BCUT2D eigenvalue weighted by molar-refractivity contribution is 0.0596. The minimum atomic E-state index is -0.167. The zero-order valence-corrected chi connectivity index (χ0v) is 9.95. The van der Waals surface area contributed by atoms with Gasteiger partial charge in [0.2, 0.25) is 0 Å². The summed E-state index contributed by atoms with van der Waals surface area (Å²) in [5.41, 5.74) is 0. The van der Waals surface area contributed by atoms with Gasteiger partial charge in [-0.25, -0.2) is 4.79 Å². The molecular formula is C11H22N2O2. The van der Waals surface area contributed by atoms with Gasteiger partial charge in [-0.1, -0.05) is 0 Å². The molecular weight excluding hydrogens is 192 g/mol. The van der Waals surface area contributed by atoms with Gasteiger partial charge in [-0.3, -0.25) is 0 Å². The quantitative estimate of drug-likeness (QED) is 0.776. The number of hydrogen-bond acceptors (Lipinski definition) is 3. The molecule has 0 unspecified atom stereocenters. The summed E-state index contributed by atoms with van der Waals surface area (Å²) in [7, 11) is 0. The molecule has 1 aliphatic rings. The summed E-state index contributed by atoms with van der Waals surface area (Å²) in [5, 5.41) is 3.29. The van der Waals surface area contributed by atoms with Gasteiger partial charge < -0.3 is 15.0 Å². The van der Waals surface area contributed by atoms with Gasteiger partial charge in [-0.05, 0) is 46.7 Å². The van der Waals surface area contributed by atoms with E-state index >= 15 is 0 Å². The lowest BCUT2D eigenvalue weighted by Crippen LogP contribution is -2.46. The van der Waals surface area contributed by atoms with Crippen molar-refractivity contribution in [1.29, 1.82) is 0 Å². The molecule has 1 rings (SSSR count). The summed E-state index contributed by atoms with van der Waals surface area (Å²) >= 11 is 0. The first kappa shape index (κ1) is 12.3. The van der Waals surface area contributed by atoms with Crippen LogP contribution in [0.2, 0.25) is 0 Å². The van der Waals surface area contributed by atoms with Crippen molar-refractivity contribution in [3.8, 4) is 0 Å². The molecule has 0 atom stereocenters. The molecule has 1 fully saturated rings. The number of nitrogens with zero attached hydrogens (tertiary/aromatic N) is 1. The zero-order chi connectivity index (χ0) is 11.3. The zero-order valence-electron chi connectivity index (χ0n) is 9.95. The van der Waals surface area contributed by atoms with Crippen LogP contribution in [0.1, 0.15) is 33.6 Å². The molecule has 15 heavy (non-hydrogen) atoms. The van der Waals surface area contributed by atoms with E-state index in [1.807, 2.05) is 25.7 Å². The fourth-order valence-corrected chi connectivity index (χ4v) is 1.92. The Kier molecular flexibility index (Phi) is 4.88. The van der Waals surface area contributed by atoms with Gasteiger partial charge in [0.15, 0.2) is 0 Å². The molecule has 1 aliphatic heterocycles. The van der Waals surface area contributed by atoms with Crippen LogP contribution in [0.4, 0.5) is 4.79 Å². The molecule has 0 aromatic heterocycles. The maximum absolute atomic E-state index is 11.8. The van der Waals surface area contributed by atoms with Crippen LogP contribution in [-0.4, -0.2) is 42.8 Å². The van der Waals surface area contributed by atoms with Crippen LogP contribution in [0.15, 0.2) is 0 Å². The minimum absolute atomic E-state index is 0.0340. The van der Waals surface area contributed by atoms with Crippen molar-refractivity contribution in [2.45, 2.75) is 45.8 Å². The summed E-state index contributed by atoms with van der Waals surface area (Å²) in [6.45, 7) is 8.49. The second kappa shape index (κ2) is 5.95. The third kappa shape index (κ3) is 3.70. The van der Waals surface area contributed by atoms with Crippen LogP contribution >= 0.6 is 0 Å². The molecule has 1 heterocycles. The summed E-state index contributed by atoms with van der Waals surface area (Å²) < 4.78 is 5.22. The van der Waals surface area contributed by atoms with Gasteiger partial charge in [-0.15, -0.1) is 0 Å². The van der Waals surface area contributed by atoms with E-state index in [0.29, 0.717) is 6.04 Å². The Labute approximate surface area is 92.0 Å². The predicted octanol–water partition coefficient (Wildman–Crippen LogP) is 1.61. The number of carbonyl (C=O) groups excluding carboxylic acids is 1. The first-order valence-electron chi connectivity index (χ1n) is 5.83. The van der Waals surface area contributed by atoms with Crippen molar-refractivity contribution >= 4 is 6.09 Å². The molecule has 1 saturated heterocycles. The third-order valence-electron chi connectivity index (χ3n) is 2.66. The first-order chi connectivity index (χ1) is 7.15. The Morgan fingerprint density at radius 2 is 2.07 bits per heavy atom. The second-order valence-electron chi connectivity index (χ2n) is 4.20. The Morgan fingerprint density at radius 3 is 2.53 bits per heavy atom. The van der Waals surface area contributed by atoms with Crippen molar-refractivity contribution in [2.75, 3.05) is 19.6 Å². The molecule has 0 aromatic carbocycles. The number of ether oxygens (including phenoxy) is 1. The Hall–Kier alpha value is -0.770. The summed E-state index contributed by atoms with van der Waals surface area (Å²) in [6.07, 6.45) is 1.86. The van der Waals surface area contributed by atoms with Crippen molar-refractivity contribution < 1.29 is 9.53 Å². The fraction of sp³-hybridized carbons (Fsp3) is 0.909. The van der Waals surface area contributed by atoms with Gasteiger partial charge in [0.25, 0.3) is 0 Å². The normalized spacial score (nSPS) is 17.9. The number of rotatable bonds is 3. The molecule has 88 valence electrons. The molecule has 0 spiro atoms. The van der Waals surface area contributed by atoms with E-state index in [9.17, 15) is 4.79 Å². The molecule has 4 nitrogen and oxygen atoms in total. The highest BCUT2D eigenvalue weighted by atomic mass is 16.6. The van der Waals surface area contributed by atoms with Crippen molar-refractivity contribution in [3.05, 3.63) is 0 Å². The van der Waals surface area contributed by atoms with Gasteiger partial charge >= 0.3 is 6.09 Å². The van der Waals surface area contributed by atoms with Crippen LogP contribution in [0.25, 0.3) is 0 Å². The highest BCUT2D eigenvalue weighted by Gasteiger charge is 2.25. The lowest BCUT2D eigenvalue weighted by Gasteiger charge is -2.33. The number of hydrogen-bond donors (Lipinski definition) is 1. The summed E-state index contributed by atoms with van der Waals surface area (Å²) in [4.78, 5) is 13.6. The van der Waals surface area contributed by atoms with Crippen LogP contribution in [0.3, 0.4) is 0 Å². The van der Waals surface area contributed by atoms with Crippen LogP contribution in [-0.2, 0) is 4.74 Å². The second-order valence-corrected chi connectivity index (χ2v) is 4.20. The van der Waals surface area contributed by atoms with E-state index in [4.69, 9.17) is 4.74 Å². The van der Waals surface area contributed by atoms with Crippen LogP contribution in [0.5, 0.6) is 0 Å². The maximum Gasteiger partial charge on any atom is 0.410 e. The molecule has 0 radical (unpaired) electrons. The molecule has 1 N–H and O–H groups in total. The van der Waals surface area contributed by atoms with E-state index < -0.39 is 0 Å². The van der Waals surface area contributed by atoms with Crippen LogP contribution < -0.4 is 5.32 Å². The number of carbonyl (C=O) groups is 1. The van der Waals surface area contributed by atoms with Gasteiger partial charge in [-0.2, -0.15) is 0 Å². The minimum Gasteiger partial charge on any atom is -0.447 e. The Morgan fingerprint density at radius 1 is 1.47 bits per heavy atom. The molecule has 0 aliphatic carbocycles. The monoisotopic (exact) mass is 214 g/mol. The van der Waals surface area contributed by atoms with E-state index in [-0.39, 0.29) is 12.2 Å². The van der Waals surface area contributed by atoms with E-state index in [2.05, 4.69) is 5.32 Å². The average Bonchev–Trinajstić information content (AvgIpc) is 2.19. The average molecular weight is 214 g/mol. The van der Waals surface area contributed by atoms with Gasteiger partial charge in [0.1, 0.15) is 0 Å². The number of piperidine rings is 1. The van der Waals surface area contributed by atoms with E-state index in [0.717, 1.165) is 32.5 Å². The molecule has 0 aromatic rings. The van der Waals surface area contributed by atoms with Crippen molar-refractivity contribution in [3.63, 3.8) is 0 Å². The smallest absolute Gasteiger partial charge is 0.410 e. The SMILES string of the molecule is CCN(C(=O)OC(C)C)C1CCNCC1. The number of nitrogens with one attached hydrogen (secondary N) is 1. The van der Waals surface area contributed by atoms with Crippen molar-refractivity contribution in [1.82, 2.24) is 10.2 Å². The molecule has 4 heteroatoms. The molecule has 0 saturated carbocycles. The Balaban J connectivity index is 2.49. The van der Waals surface area contributed by atoms with E-state index in [1.165, 1.54) is 0 Å². The lowest BCUT2D eigenvalue weighted by atomic mass is 10.1. The topological polar surface area (TPSA) is 41.6 Å². The molecule has 0 bridgehead atoms. The molecule has 1 amide bonds. The van der Waals surface area contributed by atoms with Gasteiger partial charge in [0.05, 0.1) is 6.10 Å². The third-order valence-corrected chi connectivity index (χ3v) is 2.66. The summed E-state index contributed by atoms with van der Waals surface area (Å²) in [6, 6.07) is 0.350. The maximum atomic E-state index is 11.8. The largest absolute Gasteiger partial charge is 0.447 e. The first-order valence-corrected chi connectivity index (χ1v) is 5.83. The summed E-state index contributed by atoms with van der Waals surface area (Å²) in [5.74, 6) is 0. The highest BCUT2D eigenvalue weighted by molar-refractivity contribution is 5.68. The van der Waals surface area contributed by atoms with Gasteiger partial charge in [0, 0.05) is 12.6 Å².